The molecular formula is C17H25N. The predicted molar refractivity (Wildman–Crippen MR) is 77.8 cm³/mol. The van der Waals surface area contributed by atoms with E-state index < -0.39 is 0 Å². The molecule has 3 atom stereocenters. The lowest BCUT2D eigenvalue weighted by atomic mass is 9.69. The molecule has 3 rings (SSSR count). The van der Waals surface area contributed by atoms with E-state index in [1.165, 1.54) is 30.5 Å². The zero-order valence-corrected chi connectivity index (χ0v) is 12.1. The molecule has 1 N–H and O–H groups in total. The third-order valence-electron chi connectivity index (χ3n) is 6.27. The first-order valence-corrected chi connectivity index (χ1v) is 7.27. The lowest BCUT2D eigenvalue weighted by Gasteiger charge is -2.40. The lowest BCUT2D eigenvalue weighted by molar-refractivity contribution is 0.142. The molecule has 1 heteroatoms. The van der Waals surface area contributed by atoms with Gasteiger partial charge in [0.05, 0.1) is 0 Å². The minimum Gasteiger partial charge on any atom is -0.382 e. The third-order valence-corrected chi connectivity index (χ3v) is 6.27. The van der Waals surface area contributed by atoms with Crippen LogP contribution < -0.4 is 5.32 Å². The maximum absolute atomic E-state index is 3.84. The monoisotopic (exact) mass is 243 g/mol. The molecule has 2 saturated carbocycles. The van der Waals surface area contributed by atoms with Gasteiger partial charge in [-0.25, -0.2) is 0 Å². The molecule has 2 aliphatic rings. The summed E-state index contributed by atoms with van der Waals surface area (Å²) >= 11 is 0. The van der Waals surface area contributed by atoms with Crippen molar-refractivity contribution in [2.24, 2.45) is 16.7 Å². The van der Waals surface area contributed by atoms with Gasteiger partial charge < -0.3 is 5.32 Å². The quantitative estimate of drug-likeness (QED) is 0.799. The largest absolute Gasteiger partial charge is 0.382 e. The Morgan fingerprint density at radius 1 is 1.17 bits per heavy atom. The molecule has 0 heterocycles. The molecule has 1 aromatic rings. The summed E-state index contributed by atoms with van der Waals surface area (Å²) < 4.78 is 0. The highest BCUT2D eigenvalue weighted by molar-refractivity contribution is 5.51. The van der Waals surface area contributed by atoms with Crippen LogP contribution in [0.5, 0.6) is 0 Å². The van der Waals surface area contributed by atoms with Crippen LogP contribution in [0.2, 0.25) is 0 Å². The molecule has 0 saturated heterocycles. The maximum Gasteiger partial charge on any atom is 0.0372 e. The van der Waals surface area contributed by atoms with E-state index in [1.807, 2.05) is 0 Å². The van der Waals surface area contributed by atoms with Gasteiger partial charge in [0.15, 0.2) is 0 Å². The highest BCUT2D eigenvalue weighted by Gasteiger charge is 2.61. The second-order valence-corrected chi connectivity index (χ2v) is 7.12. The predicted octanol–water partition coefficient (Wildman–Crippen LogP) is 4.62. The third kappa shape index (κ3) is 1.46. The van der Waals surface area contributed by atoms with Gasteiger partial charge in [-0.15, -0.1) is 0 Å². The second kappa shape index (κ2) is 3.76. The average Bonchev–Trinajstić information content (AvgIpc) is 2.65. The van der Waals surface area contributed by atoms with E-state index in [9.17, 15) is 0 Å². The van der Waals surface area contributed by atoms with Crippen molar-refractivity contribution in [2.75, 3.05) is 5.32 Å². The first kappa shape index (κ1) is 12.1. The molecule has 2 fully saturated rings. The molecular weight excluding hydrogens is 218 g/mol. The van der Waals surface area contributed by atoms with Crippen molar-refractivity contribution in [2.45, 2.75) is 53.0 Å². The van der Waals surface area contributed by atoms with Gasteiger partial charge in [-0.2, -0.15) is 0 Å². The second-order valence-electron chi connectivity index (χ2n) is 7.12. The van der Waals surface area contributed by atoms with E-state index in [2.05, 4.69) is 57.3 Å². The Morgan fingerprint density at radius 3 is 2.44 bits per heavy atom. The Labute approximate surface area is 111 Å². The van der Waals surface area contributed by atoms with E-state index in [-0.39, 0.29) is 0 Å². The molecule has 0 radical (unpaired) electrons. The smallest absolute Gasteiger partial charge is 0.0372 e. The van der Waals surface area contributed by atoms with Crippen LogP contribution in [0, 0.1) is 23.7 Å². The normalized spacial score (nSPS) is 36.9. The summed E-state index contributed by atoms with van der Waals surface area (Å²) in [6.45, 7) is 9.65. The van der Waals surface area contributed by atoms with Crippen LogP contribution in [0.25, 0.3) is 0 Å². The molecule has 0 aliphatic heterocycles. The molecule has 18 heavy (non-hydrogen) atoms. The van der Waals surface area contributed by atoms with Gasteiger partial charge >= 0.3 is 0 Å². The van der Waals surface area contributed by atoms with Crippen LogP contribution >= 0.6 is 0 Å². The van der Waals surface area contributed by atoms with Crippen molar-refractivity contribution in [3.63, 3.8) is 0 Å². The fourth-order valence-corrected chi connectivity index (χ4v) is 4.34. The number of para-hydroxylation sites is 1. The molecule has 0 spiro atoms. The zero-order valence-electron chi connectivity index (χ0n) is 12.1. The van der Waals surface area contributed by atoms with Crippen LogP contribution in [0.1, 0.15) is 45.6 Å². The molecule has 1 aromatic carbocycles. The van der Waals surface area contributed by atoms with Gasteiger partial charge in [-0.3, -0.25) is 0 Å². The first-order valence-electron chi connectivity index (χ1n) is 7.27. The summed E-state index contributed by atoms with van der Waals surface area (Å²) in [6, 6.07) is 9.32. The van der Waals surface area contributed by atoms with Crippen molar-refractivity contribution >= 4 is 5.69 Å². The number of rotatable bonds is 2. The summed E-state index contributed by atoms with van der Waals surface area (Å²) in [6.07, 6.45) is 4.15. The topological polar surface area (TPSA) is 12.0 Å². The Balaban J connectivity index is 1.86. The number of aryl methyl sites for hydroxylation is 1. The standard InChI is InChI=1S/C17H25N/c1-12-7-5-6-8-14(12)18-15-11-13-9-10-17(15,4)16(13,2)3/h5-8,13,15,18H,9-11H2,1-4H3. The molecule has 98 valence electrons. The molecule has 1 nitrogen and oxygen atoms in total. The SMILES string of the molecule is Cc1ccccc1NC1CC2CCC1(C)C2(C)C. The summed E-state index contributed by atoms with van der Waals surface area (Å²) in [4.78, 5) is 0. The van der Waals surface area contributed by atoms with Crippen molar-refractivity contribution in [3.05, 3.63) is 29.8 Å². The minimum atomic E-state index is 0.458. The van der Waals surface area contributed by atoms with E-state index in [0.29, 0.717) is 16.9 Å². The highest BCUT2D eigenvalue weighted by atomic mass is 15.0. The Kier molecular flexibility index (Phi) is 2.52. The Morgan fingerprint density at radius 2 is 1.89 bits per heavy atom. The van der Waals surface area contributed by atoms with E-state index >= 15 is 0 Å². The van der Waals surface area contributed by atoms with Gasteiger partial charge in [0.25, 0.3) is 0 Å². The zero-order chi connectivity index (χ0) is 13.0. The number of hydrogen-bond acceptors (Lipinski definition) is 1. The maximum atomic E-state index is 3.84. The number of fused-ring (bicyclic) bond motifs is 2. The molecule has 2 aliphatic carbocycles. The lowest BCUT2D eigenvalue weighted by Crippen LogP contribution is -2.40. The Bertz CT molecular complexity index is 462. The minimum absolute atomic E-state index is 0.458. The van der Waals surface area contributed by atoms with E-state index in [4.69, 9.17) is 0 Å². The average molecular weight is 243 g/mol. The van der Waals surface area contributed by atoms with E-state index in [0.717, 1.165) is 5.92 Å². The van der Waals surface area contributed by atoms with Crippen LogP contribution in [0.15, 0.2) is 24.3 Å². The van der Waals surface area contributed by atoms with Crippen LogP contribution in [-0.4, -0.2) is 6.04 Å². The summed E-state index contributed by atoms with van der Waals surface area (Å²) in [5.41, 5.74) is 3.64. The van der Waals surface area contributed by atoms with Gasteiger partial charge in [0.2, 0.25) is 0 Å². The molecule has 0 amide bonds. The fraction of sp³-hybridized carbons (Fsp3) is 0.647. The van der Waals surface area contributed by atoms with Gasteiger partial charge in [0.1, 0.15) is 0 Å². The molecule has 2 bridgehead atoms. The van der Waals surface area contributed by atoms with Crippen LogP contribution in [0.4, 0.5) is 5.69 Å². The summed E-state index contributed by atoms with van der Waals surface area (Å²) in [7, 11) is 0. The number of nitrogens with one attached hydrogen (secondary N) is 1. The van der Waals surface area contributed by atoms with Gasteiger partial charge in [0, 0.05) is 11.7 Å². The van der Waals surface area contributed by atoms with Gasteiger partial charge in [-0.05, 0) is 54.6 Å². The fourth-order valence-electron chi connectivity index (χ4n) is 4.34. The first-order chi connectivity index (χ1) is 8.45. The van der Waals surface area contributed by atoms with Crippen molar-refractivity contribution in [3.8, 4) is 0 Å². The van der Waals surface area contributed by atoms with Crippen molar-refractivity contribution in [1.82, 2.24) is 0 Å². The molecule has 0 aromatic heterocycles. The van der Waals surface area contributed by atoms with Gasteiger partial charge in [-0.1, -0.05) is 39.0 Å². The summed E-state index contributed by atoms with van der Waals surface area (Å²) in [5.74, 6) is 0.906. The number of benzene rings is 1. The summed E-state index contributed by atoms with van der Waals surface area (Å²) in [5, 5.41) is 3.84. The van der Waals surface area contributed by atoms with Crippen LogP contribution in [0.3, 0.4) is 0 Å². The van der Waals surface area contributed by atoms with Crippen molar-refractivity contribution in [1.29, 1.82) is 0 Å². The Hall–Kier alpha value is -0.980. The highest BCUT2D eigenvalue weighted by Crippen LogP contribution is 2.65. The van der Waals surface area contributed by atoms with E-state index in [1.54, 1.807) is 0 Å². The number of anilines is 1. The number of hydrogen-bond donors (Lipinski definition) is 1. The molecule has 3 unspecified atom stereocenters. The van der Waals surface area contributed by atoms with Crippen molar-refractivity contribution < 1.29 is 0 Å². The van der Waals surface area contributed by atoms with Crippen LogP contribution in [-0.2, 0) is 0 Å².